The Bertz CT molecular complexity index is 562. The van der Waals surface area contributed by atoms with E-state index in [0.29, 0.717) is 12.4 Å². The van der Waals surface area contributed by atoms with Gasteiger partial charge in [-0.3, -0.25) is 0 Å². The van der Waals surface area contributed by atoms with Gasteiger partial charge < -0.3 is 15.0 Å². The second-order valence-corrected chi connectivity index (χ2v) is 4.35. The highest BCUT2D eigenvalue weighted by Crippen LogP contribution is 2.36. The Kier molecular flexibility index (Phi) is 2.52. The van der Waals surface area contributed by atoms with Crippen molar-refractivity contribution < 1.29 is 9.13 Å². The highest BCUT2D eigenvalue weighted by Gasteiger charge is 2.22. The Morgan fingerprint density at radius 1 is 1.53 bits per heavy atom. The van der Waals surface area contributed by atoms with Crippen LogP contribution in [0.5, 0.6) is 5.75 Å². The van der Waals surface area contributed by atoms with E-state index in [1.807, 2.05) is 13.2 Å². The van der Waals surface area contributed by atoms with E-state index in [0.717, 1.165) is 35.9 Å². The van der Waals surface area contributed by atoms with Gasteiger partial charge in [0.05, 0.1) is 6.61 Å². The minimum Gasteiger partial charge on any atom is -0.490 e. The van der Waals surface area contributed by atoms with Crippen molar-refractivity contribution >= 4 is 10.9 Å². The maximum atomic E-state index is 13.7. The van der Waals surface area contributed by atoms with E-state index in [4.69, 9.17) is 4.74 Å². The summed E-state index contributed by atoms with van der Waals surface area (Å²) < 4.78 is 19.1. The minimum atomic E-state index is -0.257. The van der Waals surface area contributed by atoms with Crippen molar-refractivity contribution in [3.63, 3.8) is 0 Å². The number of aromatic amines is 1. The van der Waals surface area contributed by atoms with Gasteiger partial charge in [0.2, 0.25) is 0 Å². The van der Waals surface area contributed by atoms with E-state index in [1.54, 1.807) is 0 Å². The fourth-order valence-electron chi connectivity index (χ4n) is 2.51. The maximum absolute atomic E-state index is 13.7. The number of aromatic nitrogens is 1. The zero-order chi connectivity index (χ0) is 11.8. The number of ether oxygens (including phenoxy) is 1. The number of nitrogens with one attached hydrogen (secondary N) is 2. The monoisotopic (exact) mass is 234 g/mol. The molecule has 0 fully saturated rings. The van der Waals surface area contributed by atoms with E-state index in [1.165, 1.54) is 11.6 Å². The molecule has 4 heteroatoms. The summed E-state index contributed by atoms with van der Waals surface area (Å²) in [6.07, 6.45) is 3.71. The van der Waals surface area contributed by atoms with Gasteiger partial charge >= 0.3 is 0 Å². The standard InChI is InChI=1S/C13H15FN2O/c1-15-4-2-8-7-16-11-6-10(14)13-9(12(8)11)3-5-17-13/h6-7,15-16H,2-5H2,1H3. The molecule has 0 bridgehead atoms. The lowest BCUT2D eigenvalue weighted by Crippen LogP contribution is -2.10. The van der Waals surface area contributed by atoms with Crippen molar-refractivity contribution in [2.45, 2.75) is 12.8 Å². The highest BCUT2D eigenvalue weighted by atomic mass is 19.1. The van der Waals surface area contributed by atoms with Crippen LogP contribution in [0.3, 0.4) is 0 Å². The molecule has 0 unspecified atom stereocenters. The highest BCUT2D eigenvalue weighted by molar-refractivity contribution is 5.89. The predicted octanol–water partition coefficient (Wildman–Crippen LogP) is 2.00. The molecule has 1 aliphatic rings. The van der Waals surface area contributed by atoms with Crippen LogP contribution >= 0.6 is 0 Å². The number of halogens is 1. The second-order valence-electron chi connectivity index (χ2n) is 4.35. The Balaban J connectivity index is 2.17. The summed E-state index contributed by atoms with van der Waals surface area (Å²) in [6.45, 7) is 1.50. The van der Waals surface area contributed by atoms with Gasteiger partial charge in [0.15, 0.2) is 11.6 Å². The molecular weight excluding hydrogens is 219 g/mol. The van der Waals surface area contributed by atoms with E-state index in [9.17, 15) is 4.39 Å². The summed E-state index contributed by atoms with van der Waals surface area (Å²) in [5.41, 5.74) is 3.13. The third-order valence-electron chi connectivity index (χ3n) is 3.30. The molecule has 3 nitrogen and oxygen atoms in total. The topological polar surface area (TPSA) is 37.0 Å². The normalized spacial score (nSPS) is 14.0. The first-order chi connectivity index (χ1) is 8.31. The number of fused-ring (bicyclic) bond motifs is 3. The molecular formula is C13H15FN2O. The largest absolute Gasteiger partial charge is 0.490 e. The fourth-order valence-corrected chi connectivity index (χ4v) is 2.51. The van der Waals surface area contributed by atoms with Crippen molar-refractivity contribution in [3.8, 4) is 5.75 Å². The molecule has 17 heavy (non-hydrogen) atoms. The third-order valence-corrected chi connectivity index (χ3v) is 3.30. The lowest BCUT2D eigenvalue weighted by Gasteiger charge is -2.05. The van der Waals surface area contributed by atoms with Gasteiger partial charge in [0.1, 0.15) is 0 Å². The summed E-state index contributed by atoms with van der Waals surface area (Å²) in [5.74, 6) is 0.190. The molecule has 0 aliphatic carbocycles. The van der Waals surface area contributed by atoms with Crippen LogP contribution in [-0.2, 0) is 12.8 Å². The average molecular weight is 234 g/mol. The Morgan fingerprint density at radius 3 is 3.24 bits per heavy atom. The van der Waals surface area contributed by atoms with Crippen LogP contribution in [0.4, 0.5) is 4.39 Å². The minimum absolute atomic E-state index is 0.257. The first kappa shape index (κ1) is 10.6. The first-order valence-corrected chi connectivity index (χ1v) is 5.90. The van der Waals surface area contributed by atoms with Gasteiger partial charge in [-0.2, -0.15) is 0 Å². The molecule has 2 heterocycles. The first-order valence-electron chi connectivity index (χ1n) is 5.90. The molecule has 3 rings (SSSR count). The van der Waals surface area contributed by atoms with Crippen molar-refractivity contribution in [1.82, 2.24) is 10.3 Å². The van der Waals surface area contributed by atoms with Crippen LogP contribution in [0.1, 0.15) is 11.1 Å². The molecule has 2 aromatic rings. The number of benzene rings is 1. The SMILES string of the molecule is CNCCc1c[nH]c2cc(F)c3c(c12)CCO3. The van der Waals surface area contributed by atoms with E-state index >= 15 is 0 Å². The summed E-state index contributed by atoms with van der Waals surface area (Å²) >= 11 is 0. The fraction of sp³-hybridized carbons (Fsp3) is 0.385. The van der Waals surface area contributed by atoms with Gasteiger partial charge in [0, 0.05) is 35.2 Å². The van der Waals surface area contributed by atoms with Gasteiger partial charge in [-0.05, 0) is 25.6 Å². The number of likely N-dealkylation sites (N-methyl/N-ethyl adjacent to an activating group) is 1. The third kappa shape index (κ3) is 1.60. The van der Waals surface area contributed by atoms with E-state index in [-0.39, 0.29) is 5.82 Å². The lowest BCUT2D eigenvalue weighted by molar-refractivity contribution is 0.339. The molecule has 2 N–H and O–H groups in total. The zero-order valence-corrected chi connectivity index (χ0v) is 9.77. The lowest BCUT2D eigenvalue weighted by atomic mass is 10.0. The molecule has 0 saturated carbocycles. The van der Waals surface area contributed by atoms with E-state index in [2.05, 4.69) is 10.3 Å². The Hall–Kier alpha value is -1.55. The molecule has 1 aromatic heterocycles. The number of hydrogen-bond donors (Lipinski definition) is 2. The summed E-state index contributed by atoms with van der Waals surface area (Å²) in [6, 6.07) is 1.53. The molecule has 90 valence electrons. The van der Waals surface area contributed by atoms with Gasteiger partial charge in [-0.25, -0.2) is 4.39 Å². The summed E-state index contributed by atoms with van der Waals surface area (Å²) in [7, 11) is 1.93. The van der Waals surface area contributed by atoms with Crippen molar-refractivity contribution in [2.75, 3.05) is 20.2 Å². The van der Waals surface area contributed by atoms with Crippen molar-refractivity contribution in [3.05, 3.63) is 29.2 Å². The van der Waals surface area contributed by atoms with Crippen LogP contribution in [0.15, 0.2) is 12.3 Å². The predicted molar refractivity (Wildman–Crippen MR) is 65.1 cm³/mol. The Labute approximate surface area is 99.0 Å². The molecule has 0 radical (unpaired) electrons. The second kappa shape index (κ2) is 4.04. The number of H-pyrrole nitrogens is 1. The zero-order valence-electron chi connectivity index (χ0n) is 9.77. The molecule has 0 amide bonds. The van der Waals surface area contributed by atoms with Crippen molar-refractivity contribution in [1.29, 1.82) is 0 Å². The quantitative estimate of drug-likeness (QED) is 0.852. The van der Waals surface area contributed by atoms with Gasteiger partial charge in [-0.1, -0.05) is 0 Å². The smallest absolute Gasteiger partial charge is 0.167 e. The van der Waals surface area contributed by atoms with Crippen molar-refractivity contribution in [2.24, 2.45) is 0 Å². The molecule has 0 spiro atoms. The number of rotatable bonds is 3. The molecule has 1 aromatic carbocycles. The maximum Gasteiger partial charge on any atom is 0.167 e. The van der Waals surface area contributed by atoms with E-state index < -0.39 is 0 Å². The van der Waals surface area contributed by atoms with Gasteiger partial charge in [-0.15, -0.1) is 0 Å². The Morgan fingerprint density at radius 2 is 2.41 bits per heavy atom. The summed E-state index contributed by atoms with van der Waals surface area (Å²) in [5, 5.41) is 4.28. The molecule has 1 aliphatic heterocycles. The van der Waals surface area contributed by atoms with Crippen LogP contribution in [-0.4, -0.2) is 25.2 Å². The van der Waals surface area contributed by atoms with Crippen LogP contribution in [0.25, 0.3) is 10.9 Å². The van der Waals surface area contributed by atoms with Crippen LogP contribution < -0.4 is 10.1 Å². The number of hydrogen-bond acceptors (Lipinski definition) is 2. The molecule has 0 saturated heterocycles. The average Bonchev–Trinajstić information content (AvgIpc) is 2.92. The summed E-state index contributed by atoms with van der Waals surface area (Å²) in [4.78, 5) is 3.14. The van der Waals surface area contributed by atoms with Crippen LogP contribution in [0.2, 0.25) is 0 Å². The molecule has 0 atom stereocenters. The van der Waals surface area contributed by atoms with Gasteiger partial charge in [0.25, 0.3) is 0 Å². The van der Waals surface area contributed by atoms with Crippen LogP contribution in [0, 0.1) is 5.82 Å².